The van der Waals surface area contributed by atoms with Crippen LogP contribution >= 0.6 is 11.6 Å². The third-order valence-corrected chi connectivity index (χ3v) is 2.22. The van der Waals surface area contributed by atoms with Gasteiger partial charge in [-0.3, -0.25) is 0 Å². The first kappa shape index (κ1) is 15.0. The predicted molar refractivity (Wildman–Crippen MR) is 65.6 cm³/mol. The molecule has 0 aliphatic heterocycles. The Morgan fingerprint density at radius 1 is 1.50 bits per heavy atom. The van der Waals surface area contributed by atoms with E-state index in [0.29, 0.717) is 6.42 Å². The number of hydrogen-bond acceptors (Lipinski definition) is 3. The molecule has 0 bridgehead atoms. The van der Waals surface area contributed by atoms with Gasteiger partial charge < -0.3 is 9.47 Å². The fourth-order valence-electron chi connectivity index (χ4n) is 1.11. The van der Waals surface area contributed by atoms with Crippen molar-refractivity contribution in [2.24, 2.45) is 0 Å². The Bertz CT molecular complexity index is 269. The van der Waals surface area contributed by atoms with E-state index in [2.05, 4.69) is 17.4 Å². The summed E-state index contributed by atoms with van der Waals surface area (Å²) in [5, 5.41) is 0. The molecule has 0 saturated heterocycles. The zero-order valence-corrected chi connectivity index (χ0v) is 10.8. The van der Waals surface area contributed by atoms with Gasteiger partial charge in [0.2, 0.25) is 0 Å². The van der Waals surface area contributed by atoms with Crippen LogP contribution in [0.4, 0.5) is 4.79 Å². The topological polar surface area (TPSA) is 35.5 Å². The first-order valence-electron chi connectivity index (χ1n) is 5.12. The minimum Gasteiger partial charge on any atom is -0.424 e. The van der Waals surface area contributed by atoms with Crippen LogP contribution in [0.25, 0.3) is 0 Å². The molecule has 0 aromatic carbocycles. The molecule has 0 rings (SSSR count). The molecule has 0 fully saturated rings. The van der Waals surface area contributed by atoms with Gasteiger partial charge >= 0.3 is 6.16 Å². The van der Waals surface area contributed by atoms with Crippen LogP contribution in [-0.4, -0.2) is 17.8 Å². The molecule has 1 unspecified atom stereocenters. The summed E-state index contributed by atoms with van der Waals surface area (Å²) in [4.78, 5) is 11.1. The summed E-state index contributed by atoms with van der Waals surface area (Å²) in [5.74, 6) is 0. The van der Waals surface area contributed by atoms with Gasteiger partial charge in [-0.2, -0.15) is 0 Å². The van der Waals surface area contributed by atoms with Gasteiger partial charge in [-0.25, -0.2) is 4.79 Å². The number of hydrogen-bond donors (Lipinski definition) is 0. The summed E-state index contributed by atoms with van der Waals surface area (Å²) in [7, 11) is 0. The number of carbonyl (C=O) groups is 1. The second-order valence-corrected chi connectivity index (χ2v) is 4.16. The normalized spacial score (nSPS) is 13.5. The second kappa shape index (κ2) is 7.34. The van der Waals surface area contributed by atoms with Crippen LogP contribution < -0.4 is 0 Å². The predicted octanol–water partition coefficient (Wildman–Crippen LogP) is 4.03. The summed E-state index contributed by atoms with van der Waals surface area (Å²) < 4.78 is 9.62. The maximum atomic E-state index is 11.1. The highest BCUT2D eigenvalue weighted by Crippen LogP contribution is 2.20. The van der Waals surface area contributed by atoms with Crippen LogP contribution in [0.15, 0.2) is 24.3 Å². The molecule has 4 heteroatoms. The Kier molecular flexibility index (Phi) is 6.90. The fraction of sp³-hybridized carbons (Fsp3) is 0.583. The van der Waals surface area contributed by atoms with Crippen LogP contribution in [0.1, 0.15) is 33.6 Å². The van der Waals surface area contributed by atoms with Gasteiger partial charge in [-0.05, 0) is 39.7 Å². The van der Waals surface area contributed by atoms with E-state index < -0.39 is 11.8 Å². The number of halogens is 1. The molecule has 0 heterocycles. The lowest BCUT2D eigenvalue weighted by atomic mass is 9.99. The van der Waals surface area contributed by atoms with Crippen LogP contribution in [0.3, 0.4) is 0 Å². The molecular formula is C12H19ClO3. The first-order valence-corrected chi connectivity index (χ1v) is 5.65. The lowest BCUT2D eigenvalue weighted by molar-refractivity contribution is 0.00223. The maximum Gasteiger partial charge on any atom is 0.510 e. The summed E-state index contributed by atoms with van der Waals surface area (Å²) in [6, 6.07) is -0.208. The number of allylic oxidation sites excluding steroid dienone is 2. The van der Waals surface area contributed by atoms with Crippen LogP contribution in [0.5, 0.6) is 0 Å². The molecule has 92 valence electrons. The minimum absolute atomic E-state index is 0.208. The molecule has 0 aliphatic carbocycles. The molecule has 0 aliphatic rings. The van der Waals surface area contributed by atoms with Crippen molar-refractivity contribution in [2.75, 3.05) is 6.07 Å². The Hall–Kier alpha value is -0.960. The summed E-state index contributed by atoms with van der Waals surface area (Å²) in [6.45, 7) is 9.49. The molecule has 0 saturated carbocycles. The van der Waals surface area contributed by atoms with Gasteiger partial charge in [0.15, 0.2) is 6.07 Å². The van der Waals surface area contributed by atoms with E-state index in [1.165, 1.54) is 5.57 Å². The average molecular weight is 247 g/mol. The highest BCUT2D eigenvalue weighted by Gasteiger charge is 2.25. The molecule has 0 radical (unpaired) electrons. The molecule has 0 aromatic rings. The summed E-state index contributed by atoms with van der Waals surface area (Å²) in [6.07, 6.45) is 4.40. The lowest BCUT2D eigenvalue weighted by Gasteiger charge is -2.24. The zero-order valence-electron chi connectivity index (χ0n) is 10.1. The molecule has 0 amide bonds. The SMILES string of the molecule is C=CC(C)(CCC=C(C)C)OC(=O)OCCl. The maximum absolute atomic E-state index is 11.1. The van der Waals surface area contributed by atoms with Crippen molar-refractivity contribution < 1.29 is 14.3 Å². The minimum atomic E-state index is -0.769. The number of alkyl halides is 1. The second-order valence-electron chi connectivity index (χ2n) is 3.94. The smallest absolute Gasteiger partial charge is 0.424 e. The Labute approximate surface area is 102 Å². The Balaban J connectivity index is 4.25. The number of carbonyl (C=O) groups excluding carboxylic acids is 1. The van der Waals surface area contributed by atoms with Crippen molar-refractivity contribution in [2.45, 2.75) is 39.2 Å². The van der Waals surface area contributed by atoms with Gasteiger partial charge in [0.25, 0.3) is 0 Å². The quantitative estimate of drug-likeness (QED) is 0.403. The molecule has 1 atom stereocenters. The van der Waals surface area contributed by atoms with Crippen LogP contribution in [-0.2, 0) is 9.47 Å². The summed E-state index contributed by atoms with van der Waals surface area (Å²) in [5.41, 5.74) is 0.518. The van der Waals surface area contributed by atoms with Gasteiger partial charge in [-0.15, -0.1) is 0 Å². The van der Waals surface area contributed by atoms with Crippen molar-refractivity contribution in [1.82, 2.24) is 0 Å². The molecule has 16 heavy (non-hydrogen) atoms. The summed E-state index contributed by atoms with van der Waals surface area (Å²) >= 11 is 5.26. The highest BCUT2D eigenvalue weighted by atomic mass is 35.5. The third-order valence-electron chi connectivity index (χ3n) is 2.11. The van der Waals surface area contributed by atoms with Gasteiger partial charge in [0, 0.05) is 0 Å². The largest absolute Gasteiger partial charge is 0.510 e. The molecule has 0 N–H and O–H groups in total. The van der Waals surface area contributed by atoms with Crippen molar-refractivity contribution in [1.29, 1.82) is 0 Å². The Morgan fingerprint density at radius 3 is 2.56 bits per heavy atom. The molecule has 0 aromatic heterocycles. The average Bonchev–Trinajstić information content (AvgIpc) is 2.17. The Morgan fingerprint density at radius 2 is 2.12 bits per heavy atom. The van der Waals surface area contributed by atoms with Gasteiger partial charge in [0.1, 0.15) is 5.60 Å². The van der Waals surface area contributed by atoms with Crippen molar-refractivity contribution in [3.63, 3.8) is 0 Å². The van der Waals surface area contributed by atoms with E-state index in [1.807, 2.05) is 13.8 Å². The van der Waals surface area contributed by atoms with E-state index in [1.54, 1.807) is 13.0 Å². The zero-order chi connectivity index (χ0) is 12.6. The highest BCUT2D eigenvalue weighted by molar-refractivity contribution is 6.17. The van der Waals surface area contributed by atoms with E-state index in [4.69, 9.17) is 16.3 Å². The van der Waals surface area contributed by atoms with E-state index >= 15 is 0 Å². The van der Waals surface area contributed by atoms with E-state index in [-0.39, 0.29) is 6.07 Å². The first-order chi connectivity index (χ1) is 7.43. The standard InChI is InChI=1S/C12H19ClO3/c1-5-12(4,8-6-7-10(2)3)16-11(14)15-9-13/h5,7H,1,6,8-9H2,2-4H3. The lowest BCUT2D eigenvalue weighted by Crippen LogP contribution is -2.29. The third kappa shape index (κ3) is 6.51. The number of ether oxygens (including phenoxy) is 2. The van der Waals surface area contributed by atoms with E-state index in [0.717, 1.165) is 6.42 Å². The monoisotopic (exact) mass is 246 g/mol. The number of rotatable bonds is 6. The van der Waals surface area contributed by atoms with Crippen molar-refractivity contribution >= 4 is 17.8 Å². The fourth-order valence-corrected chi connectivity index (χ4v) is 1.20. The van der Waals surface area contributed by atoms with Gasteiger partial charge in [-0.1, -0.05) is 29.8 Å². The van der Waals surface area contributed by atoms with Crippen molar-refractivity contribution in [3.8, 4) is 0 Å². The molecule has 0 spiro atoms. The van der Waals surface area contributed by atoms with Crippen LogP contribution in [0.2, 0.25) is 0 Å². The molecule has 3 nitrogen and oxygen atoms in total. The van der Waals surface area contributed by atoms with Crippen molar-refractivity contribution in [3.05, 3.63) is 24.3 Å². The van der Waals surface area contributed by atoms with E-state index in [9.17, 15) is 4.79 Å². The van der Waals surface area contributed by atoms with Crippen LogP contribution in [0, 0.1) is 0 Å². The van der Waals surface area contributed by atoms with Gasteiger partial charge in [0.05, 0.1) is 0 Å². The molecular weight excluding hydrogens is 228 g/mol.